The number of rotatable bonds is 7. The van der Waals surface area contributed by atoms with Crippen LogP contribution in [0.3, 0.4) is 0 Å². The lowest BCUT2D eigenvalue weighted by Crippen LogP contribution is -2.27. The highest BCUT2D eigenvalue weighted by molar-refractivity contribution is 7.89. The second-order valence-electron chi connectivity index (χ2n) is 7.22. The minimum absolute atomic E-state index is 0.144. The molecule has 0 atom stereocenters. The van der Waals surface area contributed by atoms with Gasteiger partial charge in [-0.25, -0.2) is 13.2 Å². The molecule has 0 bridgehead atoms. The fraction of sp³-hybridized carbons (Fsp3) is 0.364. The van der Waals surface area contributed by atoms with Gasteiger partial charge in [0.1, 0.15) is 0 Å². The number of ether oxygens (including phenoxy) is 1. The Hall–Kier alpha value is -2.71. The topological polar surface area (TPSA) is 92.8 Å². The Bertz CT molecular complexity index is 1030. The average Bonchev–Trinajstić information content (AvgIpc) is 3.29. The Morgan fingerprint density at radius 2 is 1.73 bits per heavy atom. The smallest absolute Gasteiger partial charge is 0.338 e. The average molecular weight is 431 g/mol. The summed E-state index contributed by atoms with van der Waals surface area (Å²) in [6, 6.07) is 11.4. The van der Waals surface area contributed by atoms with E-state index in [0.29, 0.717) is 13.1 Å². The van der Waals surface area contributed by atoms with Crippen LogP contribution in [0.4, 0.5) is 5.69 Å². The third-order valence-electron chi connectivity index (χ3n) is 5.13. The van der Waals surface area contributed by atoms with Gasteiger partial charge in [-0.1, -0.05) is 25.1 Å². The van der Waals surface area contributed by atoms with Crippen molar-refractivity contribution < 1.29 is 22.7 Å². The Balaban J connectivity index is 1.59. The number of aryl methyl sites for hydroxylation is 2. The number of hydrogen-bond acceptors (Lipinski definition) is 5. The molecule has 1 aliphatic rings. The number of benzene rings is 2. The second-order valence-corrected chi connectivity index (χ2v) is 9.16. The molecule has 8 heteroatoms. The summed E-state index contributed by atoms with van der Waals surface area (Å²) >= 11 is 0. The summed E-state index contributed by atoms with van der Waals surface area (Å²) < 4.78 is 31.6. The molecule has 2 aromatic rings. The molecule has 1 aliphatic heterocycles. The van der Waals surface area contributed by atoms with Crippen LogP contribution in [0.1, 0.15) is 41.3 Å². The normalized spacial score (nSPS) is 14.5. The van der Waals surface area contributed by atoms with Crippen LogP contribution in [0.2, 0.25) is 0 Å². The van der Waals surface area contributed by atoms with Crippen LogP contribution in [-0.2, 0) is 26.0 Å². The minimum Gasteiger partial charge on any atom is -0.452 e. The van der Waals surface area contributed by atoms with E-state index < -0.39 is 28.5 Å². The van der Waals surface area contributed by atoms with Crippen molar-refractivity contribution in [3.8, 4) is 0 Å². The van der Waals surface area contributed by atoms with Crippen LogP contribution >= 0.6 is 0 Å². The molecule has 1 amide bonds. The zero-order chi connectivity index (χ0) is 21.7. The summed E-state index contributed by atoms with van der Waals surface area (Å²) in [6.45, 7) is 4.50. The number of carbonyl (C=O) groups excluding carboxylic acids is 2. The third-order valence-corrected chi connectivity index (χ3v) is 7.04. The number of anilines is 1. The number of para-hydroxylation sites is 1. The summed E-state index contributed by atoms with van der Waals surface area (Å²) in [4.78, 5) is 24.6. The van der Waals surface area contributed by atoms with Crippen molar-refractivity contribution in [2.75, 3.05) is 25.0 Å². The quantitative estimate of drug-likeness (QED) is 0.681. The highest BCUT2D eigenvalue weighted by Crippen LogP contribution is 2.22. The molecule has 0 aromatic heterocycles. The van der Waals surface area contributed by atoms with E-state index in [-0.39, 0.29) is 10.5 Å². The zero-order valence-electron chi connectivity index (χ0n) is 17.2. The van der Waals surface area contributed by atoms with Gasteiger partial charge in [0.2, 0.25) is 10.0 Å². The van der Waals surface area contributed by atoms with Gasteiger partial charge in [-0.3, -0.25) is 4.79 Å². The predicted octanol–water partition coefficient (Wildman–Crippen LogP) is 3.14. The van der Waals surface area contributed by atoms with Crippen LogP contribution in [0.25, 0.3) is 0 Å². The van der Waals surface area contributed by atoms with E-state index >= 15 is 0 Å². The Kier molecular flexibility index (Phi) is 6.89. The highest BCUT2D eigenvalue weighted by atomic mass is 32.2. The van der Waals surface area contributed by atoms with Gasteiger partial charge >= 0.3 is 5.97 Å². The Morgan fingerprint density at radius 1 is 1.07 bits per heavy atom. The van der Waals surface area contributed by atoms with Gasteiger partial charge in [-0.05, 0) is 61.6 Å². The monoisotopic (exact) mass is 430 g/mol. The molecule has 1 saturated heterocycles. The number of hydrogen-bond donors (Lipinski definition) is 1. The maximum Gasteiger partial charge on any atom is 0.338 e. The van der Waals surface area contributed by atoms with Crippen LogP contribution < -0.4 is 5.32 Å². The van der Waals surface area contributed by atoms with Gasteiger partial charge < -0.3 is 10.1 Å². The van der Waals surface area contributed by atoms with Gasteiger partial charge in [0, 0.05) is 18.8 Å². The lowest BCUT2D eigenvalue weighted by Gasteiger charge is -2.15. The maximum atomic E-state index is 12.5. The van der Waals surface area contributed by atoms with Crippen LogP contribution in [-0.4, -0.2) is 44.3 Å². The van der Waals surface area contributed by atoms with E-state index in [1.165, 1.54) is 28.6 Å². The lowest BCUT2D eigenvalue weighted by molar-refractivity contribution is -0.119. The van der Waals surface area contributed by atoms with Gasteiger partial charge in [0.15, 0.2) is 6.61 Å². The van der Waals surface area contributed by atoms with Crippen molar-refractivity contribution >= 4 is 27.6 Å². The standard InChI is InChI=1S/C22H26N2O5S/c1-3-17-8-6-7-16(2)21(17)23-20(25)15-29-22(26)18-9-11-19(12-10-18)30(27,28)24-13-4-5-14-24/h6-12H,3-5,13-15H2,1-2H3,(H,23,25). The first-order valence-electron chi connectivity index (χ1n) is 9.98. The molecular weight excluding hydrogens is 404 g/mol. The predicted molar refractivity (Wildman–Crippen MR) is 114 cm³/mol. The number of nitrogens with zero attached hydrogens (tertiary/aromatic N) is 1. The van der Waals surface area contributed by atoms with Crippen molar-refractivity contribution in [1.82, 2.24) is 4.31 Å². The molecule has 30 heavy (non-hydrogen) atoms. The fourth-order valence-corrected chi connectivity index (χ4v) is 4.95. The van der Waals surface area contributed by atoms with E-state index in [9.17, 15) is 18.0 Å². The molecule has 0 radical (unpaired) electrons. The maximum absolute atomic E-state index is 12.5. The fourth-order valence-electron chi connectivity index (χ4n) is 3.43. The first-order valence-corrected chi connectivity index (χ1v) is 11.4. The number of esters is 1. The molecule has 0 spiro atoms. The summed E-state index contributed by atoms with van der Waals surface area (Å²) in [6.07, 6.45) is 2.48. The molecule has 1 N–H and O–H groups in total. The first-order chi connectivity index (χ1) is 14.3. The van der Waals surface area contributed by atoms with Crippen LogP contribution in [0.5, 0.6) is 0 Å². The van der Waals surface area contributed by atoms with Crippen molar-refractivity contribution in [3.63, 3.8) is 0 Å². The molecule has 7 nitrogen and oxygen atoms in total. The summed E-state index contributed by atoms with van der Waals surface area (Å²) in [7, 11) is -3.54. The van der Waals surface area contributed by atoms with Crippen LogP contribution in [0, 0.1) is 6.92 Å². The second kappa shape index (κ2) is 9.40. The van der Waals surface area contributed by atoms with E-state index in [0.717, 1.165) is 36.1 Å². The van der Waals surface area contributed by atoms with Crippen molar-refractivity contribution in [2.45, 2.75) is 38.0 Å². The van der Waals surface area contributed by atoms with Crippen molar-refractivity contribution in [2.24, 2.45) is 0 Å². The molecule has 0 saturated carbocycles. The number of carbonyl (C=O) groups is 2. The number of nitrogens with one attached hydrogen (secondary N) is 1. The first kappa shape index (κ1) is 22.0. The molecule has 2 aromatic carbocycles. The third kappa shape index (κ3) is 4.88. The van der Waals surface area contributed by atoms with E-state index in [1.54, 1.807) is 0 Å². The Labute approximate surface area is 177 Å². The number of sulfonamides is 1. The van der Waals surface area contributed by atoms with Gasteiger partial charge in [0.25, 0.3) is 5.91 Å². The van der Waals surface area contributed by atoms with Gasteiger partial charge in [-0.2, -0.15) is 4.31 Å². The summed E-state index contributed by atoms with van der Waals surface area (Å²) in [5.74, 6) is -1.11. The SMILES string of the molecule is CCc1cccc(C)c1NC(=O)COC(=O)c1ccc(S(=O)(=O)N2CCCC2)cc1. The molecule has 3 rings (SSSR count). The zero-order valence-corrected chi connectivity index (χ0v) is 18.0. The highest BCUT2D eigenvalue weighted by Gasteiger charge is 2.27. The molecule has 160 valence electrons. The van der Waals surface area contributed by atoms with Gasteiger partial charge in [-0.15, -0.1) is 0 Å². The number of amides is 1. The summed E-state index contributed by atoms with van der Waals surface area (Å²) in [5.41, 5.74) is 2.86. The van der Waals surface area contributed by atoms with E-state index in [1.807, 2.05) is 32.0 Å². The van der Waals surface area contributed by atoms with Crippen molar-refractivity contribution in [1.29, 1.82) is 0 Å². The van der Waals surface area contributed by atoms with Crippen LogP contribution in [0.15, 0.2) is 47.4 Å². The molecule has 0 aliphatic carbocycles. The largest absolute Gasteiger partial charge is 0.452 e. The molecular formula is C22H26N2O5S. The van der Waals surface area contributed by atoms with E-state index in [4.69, 9.17) is 4.74 Å². The Morgan fingerprint density at radius 3 is 2.37 bits per heavy atom. The molecule has 1 heterocycles. The van der Waals surface area contributed by atoms with Crippen molar-refractivity contribution in [3.05, 3.63) is 59.2 Å². The van der Waals surface area contributed by atoms with Gasteiger partial charge in [0.05, 0.1) is 10.5 Å². The minimum atomic E-state index is -3.54. The molecule has 1 fully saturated rings. The summed E-state index contributed by atoms with van der Waals surface area (Å²) in [5, 5.41) is 2.80. The lowest BCUT2D eigenvalue weighted by atomic mass is 10.1. The molecule has 0 unspecified atom stereocenters. The van der Waals surface area contributed by atoms with E-state index in [2.05, 4.69) is 5.32 Å².